The molecule has 0 atom stereocenters. The number of carbonyl (C=O) groups is 2. The number of Topliss-reactive ketones (excluding diaryl/α,β-unsaturated/α-hetero) is 1. The largest absolute Gasteiger partial charge is 0.348 e. The fourth-order valence-corrected chi connectivity index (χ4v) is 4.58. The van der Waals surface area contributed by atoms with Crippen LogP contribution < -0.4 is 10.9 Å². The molecule has 6 nitrogen and oxygen atoms in total. The van der Waals surface area contributed by atoms with Gasteiger partial charge in [0, 0.05) is 24.1 Å². The van der Waals surface area contributed by atoms with Crippen LogP contribution in [0.1, 0.15) is 62.9 Å². The van der Waals surface area contributed by atoms with Crippen molar-refractivity contribution >= 4 is 34.4 Å². The number of hydrogen-bond acceptors (Lipinski definition) is 5. The van der Waals surface area contributed by atoms with Gasteiger partial charge in [-0.05, 0) is 30.2 Å². The second kappa shape index (κ2) is 11.5. The predicted molar refractivity (Wildman–Crippen MR) is 138 cm³/mol. The summed E-state index contributed by atoms with van der Waals surface area (Å²) < 4.78 is 1.67. The summed E-state index contributed by atoms with van der Waals surface area (Å²) in [7, 11) is 0. The molecular weight excluding hydrogens is 446 g/mol. The van der Waals surface area contributed by atoms with E-state index < -0.39 is 5.41 Å². The number of amides is 1. The third-order valence-electron chi connectivity index (χ3n) is 5.63. The number of rotatable bonds is 10. The van der Waals surface area contributed by atoms with E-state index in [9.17, 15) is 14.4 Å². The summed E-state index contributed by atoms with van der Waals surface area (Å²) in [5.74, 6) is 0.115. The molecule has 34 heavy (non-hydrogen) atoms. The van der Waals surface area contributed by atoms with E-state index in [2.05, 4.69) is 12.2 Å². The molecule has 0 saturated carbocycles. The van der Waals surface area contributed by atoms with Gasteiger partial charge in [0.2, 0.25) is 0 Å². The van der Waals surface area contributed by atoms with E-state index >= 15 is 0 Å². The van der Waals surface area contributed by atoms with E-state index in [1.54, 1.807) is 22.8 Å². The van der Waals surface area contributed by atoms with Crippen molar-refractivity contribution in [1.82, 2.24) is 14.9 Å². The molecular formula is C27H33N3O3S. The van der Waals surface area contributed by atoms with Crippen LogP contribution in [0.5, 0.6) is 0 Å². The Hall–Kier alpha value is -2.93. The van der Waals surface area contributed by atoms with Gasteiger partial charge in [0.15, 0.2) is 5.16 Å². The van der Waals surface area contributed by atoms with Crippen molar-refractivity contribution < 1.29 is 9.59 Å². The van der Waals surface area contributed by atoms with Crippen molar-refractivity contribution in [2.75, 3.05) is 5.75 Å². The van der Waals surface area contributed by atoms with Gasteiger partial charge in [-0.15, -0.1) is 0 Å². The molecule has 3 aromatic rings. The lowest BCUT2D eigenvalue weighted by molar-refractivity contribution is -0.123. The monoisotopic (exact) mass is 479 g/mol. The second-order valence-electron chi connectivity index (χ2n) is 9.42. The third-order valence-corrected chi connectivity index (χ3v) is 6.61. The van der Waals surface area contributed by atoms with Gasteiger partial charge in [-0.2, -0.15) is 0 Å². The number of ketones is 1. The Morgan fingerprint density at radius 3 is 2.47 bits per heavy atom. The Balaban J connectivity index is 1.90. The van der Waals surface area contributed by atoms with E-state index in [1.807, 2.05) is 51.1 Å². The molecule has 3 rings (SSSR count). The average molecular weight is 480 g/mol. The van der Waals surface area contributed by atoms with Crippen LogP contribution in [0, 0.1) is 5.41 Å². The highest BCUT2D eigenvalue weighted by atomic mass is 32.2. The van der Waals surface area contributed by atoms with Gasteiger partial charge in [-0.1, -0.05) is 82.6 Å². The Morgan fingerprint density at radius 1 is 1.06 bits per heavy atom. The molecule has 0 radical (unpaired) electrons. The van der Waals surface area contributed by atoms with Crippen LogP contribution >= 0.6 is 11.8 Å². The quantitative estimate of drug-likeness (QED) is 0.245. The molecule has 0 spiro atoms. The predicted octanol–water partition coefficient (Wildman–Crippen LogP) is 5.22. The molecule has 0 bridgehead atoms. The molecule has 0 saturated heterocycles. The number of unbranched alkanes of at least 4 members (excludes halogenated alkanes) is 2. The van der Waals surface area contributed by atoms with Crippen LogP contribution in [0.25, 0.3) is 10.9 Å². The summed E-state index contributed by atoms with van der Waals surface area (Å²) in [5, 5.41) is 3.91. The number of nitrogens with one attached hydrogen (secondary N) is 1. The standard InChI is InChI=1S/C27H33N3O3S/c1-5-6-10-15-30-25(33)21-14-13-20(24(32)28-17-19-11-8-7-9-12-19)16-22(21)29-26(30)34-18-23(31)27(2,3)4/h7-9,11-14,16H,5-6,10,15,17-18H2,1-4H3,(H,28,32). The molecule has 7 heteroatoms. The van der Waals surface area contributed by atoms with Gasteiger partial charge in [-0.25, -0.2) is 4.98 Å². The number of fused-ring (bicyclic) bond motifs is 1. The Labute approximate surface area is 205 Å². The van der Waals surface area contributed by atoms with E-state index in [1.165, 1.54) is 11.8 Å². The molecule has 0 aliphatic rings. The topological polar surface area (TPSA) is 81.1 Å². The van der Waals surface area contributed by atoms with Crippen LogP contribution in [0.15, 0.2) is 58.5 Å². The molecule has 0 aliphatic carbocycles. The maximum atomic E-state index is 13.3. The maximum absolute atomic E-state index is 13.3. The minimum atomic E-state index is -0.457. The van der Waals surface area contributed by atoms with E-state index in [4.69, 9.17) is 4.98 Å². The first-order chi connectivity index (χ1) is 16.2. The highest BCUT2D eigenvalue weighted by Crippen LogP contribution is 2.24. The molecule has 180 valence electrons. The van der Waals surface area contributed by atoms with Crippen molar-refractivity contribution in [3.8, 4) is 0 Å². The summed E-state index contributed by atoms with van der Waals surface area (Å²) >= 11 is 1.29. The van der Waals surface area contributed by atoms with Gasteiger partial charge in [0.1, 0.15) is 5.78 Å². The number of carbonyl (C=O) groups excluding carboxylic acids is 2. The van der Waals surface area contributed by atoms with Crippen molar-refractivity contribution in [2.45, 2.75) is 65.2 Å². The summed E-state index contributed by atoms with van der Waals surface area (Å²) in [5.41, 5.74) is 1.33. The average Bonchev–Trinajstić information content (AvgIpc) is 2.82. The van der Waals surface area contributed by atoms with Gasteiger partial charge in [0.25, 0.3) is 11.5 Å². The zero-order chi connectivity index (χ0) is 24.7. The summed E-state index contributed by atoms with van der Waals surface area (Å²) in [6, 6.07) is 14.7. The minimum Gasteiger partial charge on any atom is -0.348 e. The molecule has 1 aromatic heterocycles. The fourth-order valence-electron chi connectivity index (χ4n) is 3.40. The highest BCUT2D eigenvalue weighted by molar-refractivity contribution is 7.99. The van der Waals surface area contributed by atoms with E-state index in [-0.39, 0.29) is 23.0 Å². The van der Waals surface area contributed by atoms with E-state index in [0.29, 0.717) is 34.7 Å². The first kappa shape index (κ1) is 25.7. The number of hydrogen-bond donors (Lipinski definition) is 1. The van der Waals surface area contributed by atoms with Gasteiger partial charge < -0.3 is 5.32 Å². The van der Waals surface area contributed by atoms with Crippen molar-refractivity contribution in [1.29, 1.82) is 0 Å². The summed E-state index contributed by atoms with van der Waals surface area (Å²) in [4.78, 5) is 43.3. The molecule has 2 aromatic carbocycles. The van der Waals surface area contributed by atoms with E-state index in [0.717, 1.165) is 24.8 Å². The zero-order valence-electron chi connectivity index (χ0n) is 20.4. The zero-order valence-corrected chi connectivity index (χ0v) is 21.2. The third kappa shape index (κ3) is 6.56. The first-order valence-corrected chi connectivity index (χ1v) is 12.7. The summed E-state index contributed by atoms with van der Waals surface area (Å²) in [6.07, 6.45) is 2.92. The van der Waals surface area contributed by atoms with Crippen LogP contribution in [-0.4, -0.2) is 27.0 Å². The number of aromatic nitrogens is 2. The SMILES string of the molecule is CCCCCn1c(SCC(=O)C(C)(C)C)nc2cc(C(=O)NCc3ccccc3)ccc2c1=O. The van der Waals surface area contributed by atoms with Crippen LogP contribution in [0.4, 0.5) is 0 Å². The second-order valence-corrected chi connectivity index (χ2v) is 10.4. The molecule has 1 amide bonds. The highest BCUT2D eigenvalue weighted by Gasteiger charge is 2.22. The van der Waals surface area contributed by atoms with Gasteiger partial charge in [0.05, 0.1) is 16.7 Å². The fraction of sp³-hybridized carbons (Fsp3) is 0.407. The van der Waals surface area contributed by atoms with Crippen LogP contribution in [-0.2, 0) is 17.9 Å². The Bertz CT molecular complexity index is 1210. The Kier molecular flexibility index (Phi) is 8.67. The molecule has 0 fully saturated rings. The number of nitrogens with zero attached hydrogens (tertiary/aromatic N) is 2. The maximum Gasteiger partial charge on any atom is 0.262 e. The molecule has 0 unspecified atom stereocenters. The lowest BCUT2D eigenvalue weighted by atomic mass is 9.92. The van der Waals surface area contributed by atoms with Crippen LogP contribution in [0.2, 0.25) is 0 Å². The van der Waals surface area contributed by atoms with Crippen molar-refractivity contribution in [2.24, 2.45) is 5.41 Å². The van der Waals surface area contributed by atoms with Gasteiger partial charge in [-0.3, -0.25) is 19.0 Å². The first-order valence-electron chi connectivity index (χ1n) is 11.7. The smallest absolute Gasteiger partial charge is 0.262 e. The number of benzene rings is 2. The molecule has 0 aliphatic heterocycles. The van der Waals surface area contributed by atoms with Gasteiger partial charge >= 0.3 is 0 Å². The lowest BCUT2D eigenvalue weighted by Gasteiger charge is -2.17. The molecule has 1 heterocycles. The van der Waals surface area contributed by atoms with Crippen molar-refractivity contribution in [3.63, 3.8) is 0 Å². The lowest BCUT2D eigenvalue weighted by Crippen LogP contribution is -2.26. The van der Waals surface area contributed by atoms with Crippen LogP contribution in [0.3, 0.4) is 0 Å². The Morgan fingerprint density at radius 2 is 1.79 bits per heavy atom. The molecule has 1 N–H and O–H groups in total. The number of thioether (sulfide) groups is 1. The normalized spacial score (nSPS) is 11.5. The van der Waals surface area contributed by atoms with Crippen molar-refractivity contribution in [3.05, 3.63) is 70.0 Å². The minimum absolute atomic E-state index is 0.0981. The summed E-state index contributed by atoms with van der Waals surface area (Å²) in [6.45, 7) is 8.75.